The number of benzene rings is 2. The van der Waals surface area contributed by atoms with Crippen molar-refractivity contribution in [2.75, 3.05) is 6.54 Å². The summed E-state index contributed by atoms with van der Waals surface area (Å²) in [6.07, 6.45) is 1.10. The summed E-state index contributed by atoms with van der Waals surface area (Å²) < 4.78 is 13.1. The largest absolute Gasteiger partial charge is 0.384 e. The number of nitrogens with two attached hydrogens (primary N) is 1. The van der Waals surface area contributed by atoms with Crippen LogP contribution in [0.4, 0.5) is 4.39 Å². The van der Waals surface area contributed by atoms with Crippen LogP contribution < -0.4 is 5.73 Å². The lowest BCUT2D eigenvalue weighted by atomic mass is 9.99. The van der Waals surface area contributed by atoms with Crippen LogP contribution in [0.15, 0.2) is 48.5 Å². The van der Waals surface area contributed by atoms with E-state index in [9.17, 15) is 9.50 Å². The van der Waals surface area contributed by atoms with Crippen LogP contribution >= 0.6 is 0 Å². The first kappa shape index (κ1) is 13.7. The minimum atomic E-state index is -0.792. The number of aliphatic hydroxyl groups excluding tert-OH is 1. The van der Waals surface area contributed by atoms with Crippen molar-refractivity contribution in [2.24, 2.45) is 5.73 Å². The molecule has 0 aliphatic carbocycles. The lowest BCUT2D eigenvalue weighted by Crippen LogP contribution is -2.02. The van der Waals surface area contributed by atoms with Gasteiger partial charge in [0.25, 0.3) is 0 Å². The fourth-order valence-corrected chi connectivity index (χ4v) is 2.04. The van der Waals surface area contributed by atoms with Crippen LogP contribution in [-0.4, -0.2) is 11.7 Å². The van der Waals surface area contributed by atoms with Gasteiger partial charge in [0.2, 0.25) is 0 Å². The lowest BCUT2D eigenvalue weighted by molar-refractivity contribution is 0.220. The molecule has 0 saturated carbocycles. The Bertz CT molecular complexity index is 525. The molecule has 0 aliphatic heterocycles. The monoisotopic (exact) mass is 259 g/mol. The number of halogens is 1. The molecule has 2 aromatic rings. The summed E-state index contributed by atoms with van der Waals surface area (Å²) in [6.45, 7) is 0.674. The molecule has 3 N–H and O–H groups in total. The smallest absolute Gasteiger partial charge is 0.123 e. The minimum Gasteiger partial charge on any atom is -0.384 e. The van der Waals surface area contributed by atoms with E-state index in [1.165, 1.54) is 17.7 Å². The molecule has 100 valence electrons. The Kier molecular flexibility index (Phi) is 4.66. The van der Waals surface area contributed by atoms with Crippen molar-refractivity contribution < 1.29 is 9.50 Å². The van der Waals surface area contributed by atoms with Gasteiger partial charge in [0.15, 0.2) is 0 Å². The predicted molar refractivity (Wildman–Crippen MR) is 74.3 cm³/mol. The average Bonchev–Trinajstić information content (AvgIpc) is 2.45. The van der Waals surface area contributed by atoms with Gasteiger partial charge < -0.3 is 10.8 Å². The van der Waals surface area contributed by atoms with E-state index in [2.05, 4.69) is 0 Å². The molecule has 1 atom stereocenters. The minimum absolute atomic E-state index is 0.337. The summed E-state index contributed by atoms with van der Waals surface area (Å²) >= 11 is 0. The van der Waals surface area contributed by atoms with Crippen LogP contribution in [0.25, 0.3) is 0 Å². The van der Waals surface area contributed by atoms with Gasteiger partial charge in [0.1, 0.15) is 11.9 Å². The highest BCUT2D eigenvalue weighted by Gasteiger charge is 2.10. The van der Waals surface area contributed by atoms with Gasteiger partial charge in [-0.2, -0.15) is 0 Å². The maximum Gasteiger partial charge on any atom is 0.123 e. The normalized spacial score (nSPS) is 12.4. The number of hydrogen-bond donors (Lipinski definition) is 2. The SMILES string of the molecule is NCCCc1ccc(C(O)c2cccc(F)c2)cc1. The molecule has 3 heteroatoms. The molecule has 1 unspecified atom stereocenters. The van der Waals surface area contributed by atoms with Gasteiger partial charge >= 0.3 is 0 Å². The van der Waals surface area contributed by atoms with Gasteiger partial charge in [0, 0.05) is 0 Å². The van der Waals surface area contributed by atoms with E-state index in [0.29, 0.717) is 12.1 Å². The molecule has 0 aromatic heterocycles. The first-order valence-corrected chi connectivity index (χ1v) is 6.43. The first-order valence-electron chi connectivity index (χ1n) is 6.43. The molecule has 2 nitrogen and oxygen atoms in total. The van der Waals surface area contributed by atoms with Crippen LogP contribution in [-0.2, 0) is 6.42 Å². The molecule has 0 heterocycles. The molecule has 2 rings (SSSR count). The molecule has 0 saturated heterocycles. The summed E-state index contributed by atoms with van der Waals surface area (Å²) in [6, 6.07) is 13.8. The molecular weight excluding hydrogens is 241 g/mol. The van der Waals surface area contributed by atoms with Gasteiger partial charge in [-0.3, -0.25) is 0 Å². The van der Waals surface area contributed by atoms with Crippen LogP contribution in [0.5, 0.6) is 0 Å². The summed E-state index contributed by atoms with van der Waals surface area (Å²) in [7, 11) is 0. The molecule has 0 fully saturated rings. The first-order chi connectivity index (χ1) is 9.20. The van der Waals surface area contributed by atoms with E-state index in [0.717, 1.165) is 18.4 Å². The van der Waals surface area contributed by atoms with Crippen molar-refractivity contribution in [3.8, 4) is 0 Å². The fraction of sp³-hybridized carbons (Fsp3) is 0.250. The van der Waals surface area contributed by atoms with Crippen molar-refractivity contribution in [1.29, 1.82) is 0 Å². The summed E-state index contributed by atoms with van der Waals surface area (Å²) in [5.74, 6) is -0.337. The number of rotatable bonds is 5. The Balaban J connectivity index is 2.13. The van der Waals surface area contributed by atoms with Crippen molar-refractivity contribution in [2.45, 2.75) is 18.9 Å². The number of hydrogen-bond acceptors (Lipinski definition) is 2. The summed E-state index contributed by atoms with van der Waals surface area (Å²) in [5, 5.41) is 10.2. The molecule has 0 spiro atoms. The summed E-state index contributed by atoms with van der Waals surface area (Å²) in [4.78, 5) is 0. The van der Waals surface area contributed by atoms with E-state index in [1.807, 2.05) is 24.3 Å². The molecule has 2 aromatic carbocycles. The highest BCUT2D eigenvalue weighted by molar-refractivity contribution is 5.32. The van der Waals surface area contributed by atoms with Crippen molar-refractivity contribution in [3.05, 3.63) is 71.0 Å². The van der Waals surface area contributed by atoms with Crippen molar-refractivity contribution in [1.82, 2.24) is 0 Å². The number of aryl methyl sites for hydroxylation is 1. The zero-order valence-electron chi connectivity index (χ0n) is 10.7. The lowest BCUT2D eigenvalue weighted by Gasteiger charge is -2.12. The summed E-state index contributed by atoms with van der Waals surface area (Å²) in [5.41, 5.74) is 7.99. The maximum atomic E-state index is 13.1. The third kappa shape index (κ3) is 3.63. The average molecular weight is 259 g/mol. The van der Waals surface area contributed by atoms with Gasteiger partial charge in [0.05, 0.1) is 0 Å². The van der Waals surface area contributed by atoms with Crippen LogP contribution in [0.3, 0.4) is 0 Å². The van der Waals surface area contributed by atoms with E-state index >= 15 is 0 Å². The van der Waals surface area contributed by atoms with Gasteiger partial charge in [-0.1, -0.05) is 36.4 Å². The van der Waals surface area contributed by atoms with Crippen molar-refractivity contribution >= 4 is 0 Å². The topological polar surface area (TPSA) is 46.2 Å². The molecule has 0 bridgehead atoms. The van der Waals surface area contributed by atoms with Crippen molar-refractivity contribution in [3.63, 3.8) is 0 Å². The van der Waals surface area contributed by atoms with E-state index < -0.39 is 6.10 Å². The van der Waals surface area contributed by atoms with Gasteiger partial charge in [-0.05, 0) is 48.2 Å². The van der Waals surface area contributed by atoms with E-state index in [1.54, 1.807) is 12.1 Å². The zero-order chi connectivity index (χ0) is 13.7. The Hall–Kier alpha value is -1.71. The Morgan fingerprint density at radius 3 is 2.42 bits per heavy atom. The number of aliphatic hydroxyl groups is 1. The molecule has 19 heavy (non-hydrogen) atoms. The van der Waals surface area contributed by atoms with Crippen LogP contribution in [0, 0.1) is 5.82 Å². The maximum absolute atomic E-state index is 13.1. The zero-order valence-corrected chi connectivity index (χ0v) is 10.7. The second-order valence-electron chi connectivity index (χ2n) is 4.59. The Morgan fingerprint density at radius 2 is 1.79 bits per heavy atom. The molecule has 0 aliphatic rings. The van der Waals surface area contributed by atoms with Crippen LogP contribution in [0.2, 0.25) is 0 Å². The predicted octanol–water partition coefficient (Wildman–Crippen LogP) is 2.80. The molecule has 0 radical (unpaired) electrons. The third-order valence-electron chi connectivity index (χ3n) is 3.13. The quantitative estimate of drug-likeness (QED) is 0.867. The fourth-order valence-electron chi connectivity index (χ4n) is 2.04. The van der Waals surface area contributed by atoms with Gasteiger partial charge in [-0.25, -0.2) is 4.39 Å². The second kappa shape index (κ2) is 6.45. The van der Waals surface area contributed by atoms with E-state index in [-0.39, 0.29) is 5.82 Å². The second-order valence-corrected chi connectivity index (χ2v) is 4.59. The molecular formula is C16H18FNO. The highest BCUT2D eigenvalue weighted by atomic mass is 19.1. The van der Waals surface area contributed by atoms with E-state index in [4.69, 9.17) is 5.73 Å². The Morgan fingerprint density at radius 1 is 1.05 bits per heavy atom. The Labute approximate surface area is 112 Å². The van der Waals surface area contributed by atoms with Crippen LogP contribution in [0.1, 0.15) is 29.2 Å². The molecule has 0 amide bonds. The van der Waals surface area contributed by atoms with Gasteiger partial charge in [-0.15, -0.1) is 0 Å². The third-order valence-corrected chi connectivity index (χ3v) is 3.13. The highest BCUT2D eigenvalue weighted by Crippen LogP contribution is 2.22. The standard InChI is InChI=1S/C16H18FNO/c17-15-5-1-4-14(11-15)16(19)13-8-6-12(7-9-13)3-2-10-18/h1,4-9,11,16,19H,2-3,10,18H2.